The summed E-state index contributed by atoms with van der Waals surface area (Å²) >= 11 is 0. The Morgan fingerprint density at radius 1 is 1.00 bits per heavy atom. The summed E-state index contributed by atoms with van der Waals surface area (Å²) in [6.45, 7) is 7.70. The molecule has 1 atom stereocenters. The van der Waals surface area contributed by atoms with Gasteiger partial charge in [-0.25, -0.2) is 4.90 Å². The Morgan fingerprint density at radius 3 is 2.24 bits per heavy atom. The van der Waals surface area contributed by atoms with Crippen LogP contribution in [-0.4, -0.2) is 48.6 Å². The van der Waals surface area contributed by atoms with Gasteiger partial charge in [0, 0.05) is 19.7 Å². The number of piperidine rings is 1. The number of hydrogen-bond acceptors (Lipinski definition) is 5. The van der Waals surface area contributed by atoms with Gasteiger partial charge in [0.25, 0.3) is 11.8 Å². The molecule has 1 fully saturated rings. The number of carbonyl (C=O) groups excluding carboxylic acids is 2. The molecule has 0 bridgehead atoms. The summed E-state index contributed by atoms with van der Waals surface area (Å²) in [5, 5.41) is 9.71. The molecule has 33 heavy (non-hydrogen) atoms. The third-order valence-corrected chi connectivity index (χ3v) is 6.52. The van der Waals surface area contributed by atoms with Gasteiger partial charge in [0.2, 0.25) is 0 Å². The van der Waals surface area contributed by atoms with Crippen molar-refractivity contribution in [3.05, 3.63) is 65.4 Å². The lowest BCUT2D eigenvalue weighted by Gasteiger charge is -2.34. The standard InChI is InChI=1S/C27H32N2O4/c1-27(2,3)20-9-11-21(12-10-20)29-25(31)23(19-7-13-22(33-4)14-8-19)24(26(29)32)28-15-5-6-18(16-28)17-30/h7-14,18,30H,5-6,15-17H2,1-4H3. The summed E-state index contributed by atoms with van der Waals surface area (Å²) in [7, 11) is 1.59. The highest BCUT2D eigenvalue weighted by atomic mass is 16.5. The number of likely N-dealkylation sites (tertiary alicyclic amines) is 1. The van der Waals surface area contributed by atoms with E-state index in [9.17, 15) is 14.7 Å². The van der Waals surface area contributed by atoms with Crippen LogP contribution in [0.2, 0.25) is 0 Å². The zero-order chi connectivity index (χ0) is 23.8. The highest BCUT2D eigenvalue weighted by Gasteiger charge is 2.43. The fourth-order valence-corrected chi connectivity index (χ4v) is 4.59. The van der Waals surface area contributed by atoms with E-state index in [1.807, 2.05) is 41.3 Å². The van der Waals surface area contributed by atoms with Crippen LogP contribution in [0, 0.1) is 5.92 Å². The number of imide groups is 1. The van der Waals surface area contributed by atoms with Crippen molar-refractivity contribution in [3.8, 4) is 5.75 Å². The zero-order valence-corrected chi connectivity index (χ0v) is 19.8. The second-order valence-corrected chi connectivity index (χ2v) is 9.83. The lowest BCUT2D eigenvalue weighted by Crippen LogP contribution is -2.40. The average molecular weight is 449 g/mol. The fraction of sp³-hybridized carbons (Fsp3) is 0.407. The monoisotopic (exact) mass is 448 g/mol. The molecule has 0 saturated carbocycles. The molecule has 0 aromatic heterocycles. The second kappa shape index (κ2) is 9.02. The van der Waals surface area contributed by atoms with E-state index in [0.29, 0.717) is 41.4 Å². The van der Waals surface area contributed by atoms with Crippen molar-refractivity contribution in [2.45, 2.75) is 39.0 Å². The van der Waals surface area contributed by atoms with Crippen LogP contribution in [0.25, 0.3) is 5.57 Å². The number of hydrogen-bond donors (Lipinski definition) is 1. The number of aliphatic hydroxyl groups is 1. The summed E-state index contributed by atoms with van der Waals surface area (Å²) < 4.78 is 5.26. The molecule has 1 unspecified atom stereocenters. The van der Waals surface area contributed by atoms with E-state index in [2.05, 4.69) is 20.8 Å². The number of aliphatic hydroxyl groups excluding tert-OH is 1. The minimum absolute atomic E-state index is 0.0255. The molecular formula is C27H32N2O4. The van der Waals surface area contributed by atoms with Crippen molar-refractivity contribution in [2.24, 2.45) is 5.92 Å². The summed E-state index contributed by atoms with van der Waals surface area (Å²) in [5.41, 5.74) is 3.18. The summed E-state index contributed by atoms with van der Waals surface area (Å²) in [6, 6.07) is 14.9. The van der Waals surface area contributed by atoms with Crippen molar-refractivity contribution in [2.75, 3.05) is 31.7 Å². The molecule has 4 rings (SSSR count). The van der Waals surface area contributed by atoms with E-state index >= 15 is 0 Å². The first kappa shape index (κ1) is 23.1. The van der Waals surface area contributed by atoms with E-state index < -0.39 is 0 Å². The molecule has 0 radical (unpaired) electrons. The fourth-order valence-electron chi connectivity index (χ4n) is 4.59. The minimum atomic E-state index is -0.324. The van der Waals surface area contributed by atoms with Gasteiger partial charge in [-0.05, 0) is 59.6 Å². The average Bonchev–Trinajstić information content (AvgIpc) is 3.08. The van der Waals surface area contributed by atoms with Crippen molar-refractivity contribution in [3.63, 3.8) is 0 Å². The van der Waals surface area contributed by atoms with Crippen LogP contribution >= 0.6 is 0 Å². The van der Waals surface area contributed by atoms with Crippen LogP contribution in [0.1, 0.15) is 44.7 Å². The molecule has 2 aromatic carbocycles. The Morgan fingerprint density at radius 2 is 1.67 bits per heavy atom. The molecule has 2 aromatic rings. The number of rotatable bonds is 5. The van der Waals surface area contributed by atoms with Crippen molar-refractivity contribution in [1.82, 2.24) is 4.90 Å². The van der Waals surface area contributed by atoms with Crippen LogP contribution in [0.15, 0.2) is 54.2 Å². The predicted molar refractivity (Wildman–Crippen MR) is 129 cm³/mol. The molecule has 1 N–H and O–H groups in total. The third-order valence-electron chi connectivity index (χ3n) is 6.52. The Bertz CT molecular complexity index is 1060. The number of amides is 2. The highest BCUT2D eigenvalue weighted by Crippen LogP contribution is 2.37. The van der Waals surface area contributed by atoms with Gasteiger partial charge in [-0.2, -0.15) is 0 Å². The molecule has 1 saturated heterocycles. The summed E-state index contributed by atoms with van der Waals surface area (Å²) in [4.78, 5) is 30.7. The molecule has 0 spiro atoms. The first-order valence-electron chi connectivity index (χ1n) is 11.5. The maximum atomic E-state index is 13.7. The normalized spacial score (nSPS) is 19.5. The lowest BCUT2D eigenvalue weighted by atomic mass is 9.87. The van der Waals surface area contributed by atoms with Crippen molar-refractivity contribution >= 4 is 23.1 Å². The van der Waals surface area contributed by atoms with Crippen LogP contribution in [0.5, 0.6) is 5.75 Å². The summed E-state index contributed by atoms with van der Waals surface area (Å²) in [5.74, 6) is 0.139. The van der Waals surface area contributed by atoms with E-state index in [1.54, 1.807) is 19.2 Å². The number of methoxy groups -OCH3 is 1. The minimum Gasteiger partial charge on any atom is -0.497 e. The van der Waals surface area contributed by atoms with E-state index in [-0.39, 0.29) is 29.8 Å². The number of ether oxygens (including phenoxy) is 1. The third kappa shape index (κ3) is 4.40. The maximum Gasteiger partial charge on any atom is 0.282 e. The van der Waals surface area contributed by atoms with Gasteiger partial charge in [0.1, 0.15) is 11.4 Å². The Labute approximate surface area is 195 Å². The molecule has 2 amide bonds. The number of anilines is 1. The van der Waals surface area contributed by atoms with Crippen LogP contribution in [-0.2, 0) is 15.0 Å². The number of carbonyl (C=O) groups is 2. The smallest absolute Gasteiger partial charge is 0.282 e. The Balaban J connectivity index is 1.76. The number of nitrogens with zero attached hydrogens (tertiary/aromatic N) is 2. The van der Waals surface area contributed by atoms with Gasteiger partial charge in [0.15, 0.2) is 0 Å². The molecule has 2 aliphatic rings. The van der Waals surface area contributed by atoms with Gasteiger partial charge in [-0.3, -0.25) is 9.59 Å². The molecule has 0 aliphatic carbocycles. The zero-order valence-electron chi connectivity index (χ0n) is 19.8. The maximum absolute atomic E-state index is 13.7. The lowest BCUT2D eigenvalue weighted by molar-refractivity contribution is -0.120. The van der Waals surface area contributed by atoms with Crippen LogP contribution in [0.3, 0.4) is 0 Å². The quantitative estimate of drug-likeness (QED) is 0.701. The molecule has 2 aliphatic heterocycles. The molecule has 2 heterocycles. The van der Waals surface area contributed by atoms with Crippen LogP contribution < -0.4 is 9.64 Å². The van der Waals surface area contributed by atoms with E-state index in [0.717, 1.165) is 18.4 Å². The number of benzene rings is 2. The van der Waals surface area contributed by atoms with Gasteiger partial charge in [-0.15, -0.1) is 0 Å². The molecule has 174 valence electrons. The Hall–Kier alpha value is -3.12. The molecule has 6 heteroatoms. The largest absolute Gasteiger partial charge is 0.497 e. The first-order valence-corrected chi connectivity index (χ1v) is 11.5. The molecular weight excluding hydrogens is 416 g/mol. The predicted octanol–water partition coefficient (Wildman–Crippen LogP) is 3.98. The highest BCUT2D eigenvalue weighted by molar-refractivity contribution is 6.45. The Kier molecular flexibility index (Phi) is 6.30. The van der Waals surface area contributed by atoms with Gasteiger partial charge < -0.3 is 14.7 Å². The van der Waals surface area contributed by atoms with Gasteiger partial charge in [0.05, 0.1) is 18.4 Å². The van der Waals surface area contributed by atoms with Crippen LogP contribution in [0.4, 0.5) is 5.69 Å². The van der Waals surface area contributed by atoms with Gasteiger partial charge in [-0.1, -0.05) is 45.0 Å². The topological polar surface area (TPSA) is 70.1 Å². The van der Waals surface area contributed by atoms with Gasteiger partial charge >= 0.3 is 0 Å². The SMILES string of the molecule is COc1ccc(C2=C(N3CCCC(CO)C3)C(=O)N(c3ccc(C(C)(C)C)cc3)C2=O)cc1. The first-order chi connectivity index (χ1) is 15.7. The van der Waals surface area contributed by atoms with E-state index in [4.69, 9.17) is 4.74 Å². The summed E-state index contributed by atoms with van der Waals surface area (Å²) in [6.07, 6.45) is 1.78. The second-order valence-electron chi connectivity index (χ2n) is 9.83. The molecule has 6 nitrogen and oxygen atoms in total. The van der Waals surface area contributed by atoms with Crippen molar-refractivity contribution in [1.29, 1.82) is 0 Å². The van der Waals surface area contributed by atoms with E-state index in [1.165, 1.54) is 4.90 Å². The van der Waals surface area contributed by atoms with Crippen molar-refractivity contribution < 1.29 is 19.4 Å².